The average molecular weight is 441 g/mol. The van der Waals surface area contributed by atoms with Gasteiger partial charge in [0.1, 0.15) is 11.4 Å². The van der Waals surface area contributed by atoms with Crippen molar-refractivity contribution in [2.45, 2.75) is 32.1 Å². The van der Waals surface area contributed by atoms with Gasteiger partial charge in [-0.25, -0.2) is 14.6 Å². The maximum absolute atomic E-state index is 12.7. The second-order valence-corrected chi connectivity index (χ2v) is 8.44. The van der Waals surface area contributed by atoms with Crippen LogP contribution < -0.4 is 4.90 Å². The molecule has 1 fully saturated rings. The van der Waals surface area contributed by atoms with Crippen molar-refractivity contribution in [1.82, 2.24) is 25.2 Å². The number of anilines is 1. The Bertz CT molecular complexity index is 1080. The van der Waals surface area contributed by atoms with E-state index < -0.39 is 0 Å². The van der Waals surface area contributed by atoms with Crippen LogP contribution in [0.4, 0.5) is 5.95 Å². The number of piperidine rings is 1. The summed E-state index contributed by atoms with van der Waals surface area (Å²) in [5.74, 6) is 0.951. The lowest BCUT2D eigenvalue weighted by molar-refractivity contribution is -0.131. The van der Waals surface area contributed by atoms with Crippen molar-refractivity contribution < 1.29 is 9.42 Å². The fraction of sp³-hybridized carbons (Fsp3) is 0.409. The molecule has 2 aromatic heterocycles. The number of rotatable bonds is 5. The molecule has 0 atom stereocenters. The highest BCUT2D eigenvalue weighted by molar-refractivity contribution is 6.30. The maximum atomic E-state index is 12.7. The Morgan fingerprint density at radius 3 is 2.68 bits per heavy atom. The van der Waals surface area contributed by atoms with Gasteiger partial charge in [-0.15, -0.1) is 0 Å². The Morgan fingerprint density at radius 1 is 1.26 bits per heavy atom. The van der Waals surface area contributed by atoms with Crippen molar-refractivity contribution in [3.8, 4) is 11.1 Å². The van der Waals surface area contributed by atoms with Crippen LogP contribution in [0, 0.1) is 6.92 Å². The van der Waals surface area contributed by atoms with Crippen LogP contribution in [-0.4, -0.2) is 58.3 Å². The molecule has 0 bridgehead atoms. The predicted octanol–water partition coefficient (Wildman–Crippen LogP) is 3.50. The first-order valence-electron chi connectivity index (χ1n) is 10.3. The van der Waals surface area contributed by atoms with Crippen molar-refractivity contribution in [2.75, 3.05) is 32.1 Å². The van der Waals surface area contributed by atoms with E-state index in [0.717, 1.165) is 29.7 Å². The first kappa shape index (κ1) is 21.2. The summed E-state index contributed by atoms with van der Waals surface area (Å²) in [5.41, 5.74) is 4.25. The molecule has 1 aromatic carbocycles. The molecule has 1 amide bonds. The van der Waals surface area contributed by atoms with Gasteiger partial charge in [-0.2, -0.15) is 0 Å². The van der Waals surface area contributed by atoms with Gasteiger partial charge in [0.05, 0.1) is 12.1 Å². The molecule has 162 valence electrons. The fourth-order valence-corrected chi connectivity index (χ4v) is 4.05. The van der Waals surface area contributed by atoms with Gasteiger partial charge < -0.3 is 9.80 Å². The molecule has 8 nitrogen and oxygen atoms in total. The molecule has 3 aromatic rings. The number of aryl methyl sites for hydroxylation is 1. The molecular weight excluding hydrogens is 416 g/mol. The Morgan fingerprint density at radius 2 is 2.03 bits per heavy atom. The highest BCUT2D eigenvalue weighted by atomic mass is 35.5. The smallest absolute Gasteiger partial charge is 0.228 e. The minimum absolute atomic E-state index is 0.0454. The maximum Gasteiger partial charge on any atom is 0.228 e. The summed E-state index contributed by atoms with van der Waals surface area (Å²) in [4.78, 5) is 25.9. The fourth-order valence-electron chi connectivity index (χ4n) is 3.86. The zero-order valence-corrected chi connectivity index (χ0v) is 18.6. The van der Waals surface area contributed by atoms with Gasteiger partial charge in [0, 0.05) is 49.9 Å². The summed E-state index contributed by atoms with van der Waals surface area (Å²) in [6.07, 6.45) is 3.76. The monoisotopic (exact) mass is 440 g/mol. The summed E-state index contributed by atoms with van der Waals surface area (Å²) in [7, 11) is 3.86. The van der Waals surface area contributed by atoms with Gasteiger partial charge in [0.2, 0.25) is 11.9 Å². The lowest BCUT2D eigenvalue weighted by Gasteiger charge is -2.32. The van der Waals surface area contributed by atoms with Crippen LogP contribution in [0.25, 0.3) is 11.1 Å². The normalized spacial score (nSPS) is 14.6. The van der Waals surface area contributed by atoms with E-state index in [9.17, 15) is 4.79 Å². The lowest BCUT2D eigenvalue weighted by Crippen LogP contribution is -2.39. The molecule has 3 heterocycles. The van der Waals surface area contributed by atoms with Crippen molar-refractivity contribution in [1.29, 1.82) is 0 Å². The van der Waals surface area contributed by atoms with Crippen LogP contribution >= 0.6 is 11.6 Å². The quantitative estimate of drug-likeness (QED) is 0.599. The number of carbonyl (C=O) groups is 1. The number of hydrogen-bond donors (Lipinski definition) is 0. The van der Waals surface area contributed by atoms with E-state index in [1.165, 1.54) is 0 Å². The van der Waals surface area contributed by atoms with E-state index in [-0.39, 0.29) is 18.2 Å². The molecule has 4 rings (SSSR count). The third-order valence-corrected chi connectivity index (χ3v) is 5.88. The average Bonchev–Trinajstić information content (AvgIpc) is 3.17. The summed E-state index contributed by atoms with van der Waals surface area (Å²) < 4.78 is 4.70. The van der Waals surface area contributed by atoms with E-state index in [2.05, 4.69) is 15.3 Å². The van der Waals surface area contributed by atoms with Gasteiger partial charge in [-0.3, -0.25) is 4.79 Å². The third kappa shape index (κ3) is 4.69. The van der Waals surface area contributed by atoms with Crippen LogP contribution in [0.3, 0.4) is 0 Å². The molecule has 31 heavy (non-hydrogen) atoms. The lowest BCUT2D eigenvalue weighted by atomic mass is 9.88. The second-order valence-electron chi connectivity index (χ2n) is 8.00. The van der Waals surface area contributed by atoms with Crippen LogP contribution in [-0.2, 0) is 11.2 Å². The molecule has 0 aliphatic carbocycles. The molecule has 0 radical (unpaired) electrons. The van der Waals surface area contributed by atoms with Gasteiger partial charge in [0.15, 0.2) is 0 Å². The molecule has 1 aliphatic heterocycles. The van der Waals surface area contributed by atoms with Crippen molar-refractivity contribution >= 4 is 23.5 Å². The van der Waals surface area contributed by atoms with Crippen LogP contribution in [0.15, 0.2) is 35.1 Å². The molecule has 9 heteroatoms. The molecular formula is C22H25ClN6O2. The standard InChI is InChI=1S/C22H25ClN6O2/c1-14-19(27-31-26-14)12-20(30)29-9-7-15(8-10-29)21-18(13-24-22(25-21)28(2)3)16-5-4-6-17(23)11-16/h4-6,11,13,15H,7-10,12H2,1-3H3. The molecule has 0 unspecified atom stereocenters. The minimum atomic E-state index is 0.0454. The van der Waals surface area contributed by atoms with Crippen molar-refractivity contribution in [3.63, 3.8) is 0 Å². The number of nitrogens with zero attached hydrogens (tertiary/aromatic N) is 6. The SMILES string of the molecule is Cc1nonc1CC(=O)N1CCC(c2nc(N(C)C)ncc2-c2cccc(Cl)c2)CC1. The largest absolute Gasteiger partial charge is 0.347 e. The minimum Gasteiger partial charge on any atom is -0.347 e. The van der Waals surface area contributed by atoms with Gasteiger partial charge in [-0.1, -0.05) is 34.0 Å². The predicted molar refractivity (Wildman–Crippen MR) is 118 cm³/mol. The van der Waals surface area contributed by atoms with Crippen LogP contribution in [0.2, 0.25) is 5.02 Å². The Hall–Kier alpha value is -3.00. The highest BCUT2D eigenvalue weighted by Gasteiger charge is 2.28. The Kier molecular flexibility index (Phi) is 6.18. The Balaban J connectivity index is 1.53. The molecule has 0 spiro atoms. The summed E-state index contributed by atoms with van der Waals surface area (Å²) >= 11 is 6.23. The third-order valence-electron chi connectivity index (χ3n) is 5.64. The van der Waals surface area contributed by atoms with Crippen molar-refractivity contribution in [3.05, 3.63) is 52.6 Å². The van der Waals surface area contributed by atoms with Crippen LogP contribution in [0.1, 0.15) is 35.8 Å². The first-order valence-corrected chi connectivity index (χ1v) is 10.7. The highest BCUT2D eigenvalue weighted by Crippen LogP contribution is 2.35. The van der Waals surface area contributed by atoms with E-state index in [4.69, 9.17) is 21.2 Å². The first-order chi connectivity index (χ1) is 14.9. The number of hydrogen-bond acceptors (Lipinski definition) is 7. The number of benzene rings is 1. The van der Waals surface area contributed by atoms with E-state index in [1.54, 1.807) is 6.92 Å². The summed E-state index contributed by atoms with van der Waals surface area (Å²) in [6, 6.07) is 7.75. The molecule has 1 saturated heterocycles. The number of likely N-dealkylation sites (tertiary alicyclic amines) is 1. The summed E-state index contributed by atoms with van der Waals surface area (Å²) in [5, 5.41) is 8.25. The number of amides is 1. The van der Waals surface area contributed by atoms with Crippen molar-refractivity contribution in [2.24, 2.45) is 0 Å². The topological polar surface area (TPSA) is 88.2 Å². The second kappa shape index (κ2) is 9.01. The molecule has 0 saturated carbocycles. The zero-order valence-electron chi connectivity index (χ0n) is 17.9. The van der Waals surface area contributed by atoms with Gasteiger partial charge in [0.25, 0.3) is 0 Å². The molecule has 0 N–H and O–H groups in total. The summed E-state index contributed by atoms with van der Waals surface area (Å²) in [6.45, 7) is 3.13. The Labute approximate surface area is 186 Å². The van der Waals surface area contributed by atoms with E-state index in [0.29, 0.717) is 35.4 Å². The number of carbonyl (C=O) groups excluding carboxylic acids is 1. The number of halogens is 1. The van der Waals surface area contributed by atoms with E-state index in [1.807, 2.05) is 54.4 Å². The van der Waals surface area contributed by atoms with Gasteiger partial charge in [-0.05, 0) is 37.5 Å². The molecule has 1 aliphatic rings. The zero-order chi connectivity index (χ0) is 22.0. The number of aromatic nitrogens is 4. The van der Waals surface area contributed by atoms with Gasteiger partial charge >= 0.3 is 0 Å². The van der Waals surface area contributed by atoms with E-state index >= 15 is 0 Å². The van der Waals surface area contributed by atoms with Crippen LogP contribution in [0.5, 0.6) is 0 Å².